The summed E-state index contributed by atoms with van der Waals surface area (Å²) in [6.45, 7) is 1.75. The number of hydrogen-bond donors (Lipinski definition) is 0. The van der Waals surface area contributed by atoms with Gasteiger partial charge in [-0.1, -0.05) is 0 Å². The number of aromatic nitrogens is 1. The van der Waals surface area contributed by atoms with Gasteiger partial charge in [-0.05, 0) is 18.9 Å². The molecule has 0 saturated carbocycles. The predicted octanol–water partition coefficient (Wildman–Crippen LogP) is 1.59. The Morgan fingerprint density at radius 1 is 1.33 bits per heavy atom. The van der Waals surface area contributed by atoms with Gasteiger partial charge in [-0.3, -0.25) is 0 Å². The van der Waals surface area contributed by atoms with Crippen LogP contribution >= 0.6 is 0 Å². The van der Waals surface area contributed by atoms with Crippen LogP contribution in [0.15, 0.2) is 18.3 Å². The number of hydrogen-bond acceptors (Lipinski definition) is 3. The highest BCUT2D eigenvalue weighted by Crippen LogP contribution is 2.29. The van der Waals surface area contributed by atoms with Crippen LogP contribution in [0, 0.1) is 5.95 Å². The molecule has 0 amide bonds. The van der Waals surface area contributed by atoms with Gasteiger partial charge < -0.3 is 9.64 Å². The molecule has 0 radical (unpaired) electrons. The molecule has 0 aliphatic carbocycles. The molecule has 2 aliphatic heterocycles. The lowest BCUT2D eigenvalue weighted by atomic mass is 10.2. The lowest BCUT2D eigenvalue weighted by molar-refractivity contribution is 0.0304. The van der Waals surface area contributed by atoms with Crippen molar-refractivity contribution in [1.29, 1.82) is 0 Å². The fourth-order valence-corrected chi connectivity index (χ4v) is 2.41. The van der Waals surface area contributed by atoms with Crippen LogP contribution in [-0.2, 0) is 4.74 Å². The molecule has 4 heteroatoms. The van der Waals surface area contributed by atoms with E-state index in [1.54, 1.807) is 0 Å². The molecule has 2 fully saturated rings. The van der Waals surface area contributed by atoms with Crippen LogP contribution in [0.5, 0.6) is 0 Å². The summed E-state index contributed by atoms with van der Waals surface area (Å²) in [6, 6.07) is 3.35. The Bertz CT molecular complexity index is 359. The molecule has 15 heavy (non-hydrogen) atoms. The van der Waals surface area contributed by atoms with Crippen LogP contribution in [0.1, 0.15) is 12.8 Å². The molecule has 80 valence electrons. The second-order valence-corrected chi connectivity index (χ2v) is 4.20. The van der Waals surface area contributed by atoms with E-state index in [9.17, 15) is 4.39 Å². The van der Waals surface area contributed by atoms with Gasteiger partial charge in [-0.15, -0.1) is 0 Å². The second-order valence-electron chi connectivity index (χ2n) is 4.20. The first-order valence-corrected chi connectivity index (χ1v) is 5.33. The van der Waals surface area contributed by atoms with Crippen molar-refractivity contribution in [3.8, 4) is 0 Å². The van der Waals surface area contributed by atoms with Crippen molar-refractivity contribution in [1.82, 2.24) is 4.98 Å². The van der Waals surface area contributed by atoms with Gasteiger partial charge in [0.1, 0.15) is 0 Å². The van der Waals surface area contributed by atoms with Crippen molar-refractivity contribution in [2.75, 3.05) is 18.0 Å². The molecule has 3 nitrogen and oxygen atoms in total. The molecule has 1 aromatic heterocycles. The molecule has 2 saturated heterocycles. The van der Waals surface area contributed by atoms with E-state index >= 15 is 0 Å². The average molecular weight is 208 g/mol. The zero-order valence-electron chi connectivity index (χ0n) is 8.40. The minimum absolute atomic E-state index is 0.333. The topological polar surface area (TPSA) is 25.4 Å². The molecular weight excluding hydrogens is 195 g/mol. The van der Waals surface area contributed by atoms with Crippen LogP contribution in [-0.4, -0.2) is 30.3 Å². The molecule has 1 aromatic rings. The van der Waals surface area contributed by atoms with Gasteiger partial charge >= 0.3 is 0 Å². The normalized spacial score (nSPS) is 29.5. The number of anilines is 1. The third-order valence-corrected chi connectivity index (χ3v) is 3.12. The Morgan fingerprint density at radius 2 is 2.07 bits per heavy atom. The average Bonchev–Trinajstić information content (AvgIpc) is 2.58. The summed E-state index contributed by atoms with van der Waals surface area (Å²) in [4.78, 5) is 5.75. The molecule has 2 aliphatic rings. The number of morpholine rings is 1. The second kappa shape index (κ2) is 3.45. The highest BCUT2D eigenvalue weighted by Gasteiger charge is 2.33. The SMILES string of the molecule is Fc1cc(N2CC3CCC(C2)O3)ccn1. The Hall–Kier alpha value is -1.16. The number of halogens is 1. The maximum absolute atomic E-state index is 13.0. The van der Waals surface area contributed by atoms with Gasteiger partial charge in [0.15, 0.2) is 0 Å². The summed E-state index contributed by atoms with van der Waals surface area (Å²) in [6.07, 6.45) is 4.45. The van der Waals surface area contributed by atoms with E-state index in [4.69, 9.17) is 4.74 Å². The molecule has 0 aromatic carbocycles. The lowest BCUT2D eigenvalue weighted by Crippen LogP contribution is -2.42. The maximum Gasteiger partial charge on any atom is 0.214 e. The first-order valence-electron chi connectivity index (χ1n) is 5.33. The zero-order valence-corrected chi connectivity index (χ0v) is 8.40. The van der Waals surface area contributed by atoms with E-state index in [0.717, 1.165) is 31.6 Å². The third kappa shape index (κ3) is 1.69. The third-order valence-electron chi connectivity index (χ3n) is 3.12. The van der Waals surface area contributed by atoms with Crippen LogP contribution < -0.4 is 4.90 Å². The summed E-state index contributed by atoms with van der Waals surface area (Å²) >= 11 is 0. The Balaban J connectivity index is 1.83. The molecule has 3 heterocycles. The quantitative estimate of drug-likeness (QED) is 0.655. The van der Waals surface area contributed by atoms with Crippen molar-refractivity contribution in [3.05, 3.63) is 24.3 Å². The van der Waals surface area contributed by atoms with Crippen molar-refractivity contribution in [3.63, 3.8) is 0 Å². The van der Waals surface area contributed by atoms with E-state index < -0.39 is 5.95 Å². The van der Waals surface area contributed by atoms with E-state index in [1.165, 1.54) is 12.3 Å². The molecular formula is C11H13FN2O. The van der Waals surface area contributed by atoms with Gasteiger partial charge in [-0.25, -0.2) is 4.98 Å². The number of pyridine rings is 1. The maximum atomic E-state index is 13.0. The standard InChI is InChI=1S/C11H13FN2O/c12-11-5-8(3-4-13-11)14-6-9-1-2-10(7-14)15-9/h3-5,9-10H,1-2,6-7H2. The highest BCUT2D eigenvalue weighted by molar-refractivity contribution is 5.45. The van der Waals surface area contributed by atoms with E-state index in [2.05, 4.69) is 9.88 Å². The molecule has 0 N–H and O–H groups in total. The monoisotopic (exact) mass is 208 g/mol. The highest BCUT2D eigenvalue weighted by atomic mass is 19.1. The predicted molar refractivity (Wildman–Crippen MR) is 54.3 cm³/mol. The first kappa shape index (κ1) is 9.09. The van der Waals surface area contributed by atoms with Crippen molar-refractivity contribution < 1.29 is 9.13 Å². The van der Waals surface area contributed by atoms with Crippen LogP contribution in [0.3, 0.4) is 0 Å². The fraction of sp³-hybridized carbons (Fsp3) is 0.545. The fourth-order valence-electron chi connectivity index (χ4n) is 2.41. The number of nitrogens with zero attached hydrogens (tertiary/aromatic N) is 2. The van der Waals surface area contributed by atoms with Crippen LogP contribution in [0.4, 0.5) is 10.1 Å². The Labute approximate surface area is 87.9 Å². The first-order chi connectivity index (χ1) is 7.31. The Kier molecular flexibility index (Phi) is 2.09. The lowest BCUT2D eigenvalue weighted by Gasteiger charge is -2.33. The molecule has 2 bridgehead atoms. The molecule has 0 spiro atoms. The molecule has 2 unspecified atom stereocenters. The number of fused-ring (bicyclic) bond motifs is 2. The van der Waals surface area contributed by atoms with Crippen molar-refractivity contribution in [2.45, 2.75) is 25.0 Å². The van der Waals surface area contributed by atoms with E-state index in [0.29, 0.717) is 12.2 Å². The minimum atomic E-state index is -0.411. The van der Waals surface area contributed by atoms with Crippen LogP contribution in [0.2, 0.25) is 0 Å². The summed E-state index contributed by atoms with van der Waals surface area (Å²) in [7, 11) is 0. The van der Waals surface area contributed by atoms with E-state index in [1.807, 2.05) is 6.07 Å². The number of ether oxygens (including phenoxy) is 1. The summed E-state index contributed by atoms with van der Waals surface area (Å²) in [5.41, 5.74) is 0.919. The molecule has 3 rings (SSSR count). The summed E-state index contributed by atoms with van der Waals surface area (Å²) < 4.78 is 18.7. The van der Waals surface area contributed by atoms with Crippen molar-refractivity contribution >= 4 is 5.69 Å². The number of rotatable bonds is 1. The molecule has 2 atom stereocenters. The smallest absolute Gasteiger partial charge is 0.214 e. The van der Waals surface area contributed by atoms with Crippen LogP contribution in [0.25, 0.3) is 0 Å². The Morgan fingerprint density at radius 3 is 2.73 bits per heavy atom. The largest absolute Gasteiger partial charge is 0.371 e. The van der Waals surface area contributed by atoms with Crippen molar-refractivity contribution in [2.24, 2.45) is 0 Å². The minimum Gasteiger partial charge on any atom is -0.371 e. The summed E-state index contributed by atoms with van der Waals surface area (Å²) in [5.74, 6) is -0.411. The van der Waals surface area contributed by atoms with Gasteiger partial charge in [-0.2, -0.15) is 4.39 Å². The van der Waals surface area contributed by atoms with Gasteiger partial charge in [0.05, 0.1) is 12.2 Å². The van der Waals surface area contributed by atoms with E-state index in [-0.39, 0.29) is 0 Å². The zero-order chi connectivity index (χ0) is 10.3. The summed E-state index contributed by atoms with van der Waals surface area (Å²) in [5, 5.41) is 0. The van der Waals surface area contributed by atoms with Gasteiger partial charge in [0.25, 0.3) is 0 Å². The van der Waals surface area contributed by atoms with Gasteiger partial charge in [0, 0.05) is 31.0 Å². The van der Waals surface area contributed by atoms with Gasteiger partial charge in [0.2, 0.25) is 5.95 Å².